The van der Waals surface area contributed by atoms with Crippen LogP contribution in [0.2, 0.25) is 0 Å². The molecule has 0 unspecified atom stereocenters. The Balaban J connectivity index is 1.33. The van der Waals surface area contributed by atoms with E-state index in [0.717, 1.165) is 5.56 Å². The number of Topliss-reactive ketones (excluding diaryl/α,β-unsaturated/α-hetero) is 1. The highest BCUT2D eigenvalue weighted by Crippen LogP contribution is 2.18. The number of carbonyl (C=O) groups is 2. The molecule has 0 bridgehead atoms. The van der Waals surface area contributed by atoms with Crippen LogP contribution in [0, 0.1) is 0 Å². The van der Waals surface area contributed by atoms with E-state index in [1.807, 2.05) is 48.5 Å². The topological polar surface area (TPSA) is 89.8 Å². The van der Waals surface area contributed by atoms with E-state index in [1.165, 1.54) is 11.8 Å². The molecule has 0 spiro atoms. The normalized spacial score (nSPS) is 10.6. The van der Waals surface area contributed by atoms with Gasteiger partial charge in [-0.05, 0) is 52.4 Å². The van der Waals surface area contributed by atoms with Crippen molar-refractivity contribution in [3.63, 3.8) is 0 Å². The molecule has 8 heteroatoms. The third kappa shape index (κ3) is 5.43. The van der Waals surface area contributed by atoms with Gasteiger partial charge >= 0.3 is 0 Å². The number of ketones is 1. The molecular weight excluding hydrogens is 410 g/mol. The number of hydrogen-bond donors (Lipinski definition) is 1. The summed E-state index contributed by atoms with van der Waals surface area (Å²) in [6, 6.07) is 25.7. The average molecular weight is 430 g/mol. The van der Waals surface area contributed by atoms with Crippen LogP contribution in [-0.4, -0.2) is 37.7 Å². The van der Waals surface area contributed by atoms with Crippen molar-refractivity contribution in [2.45, 2.75) is 11.7 Å². The second kappa shape index (κ2) is 9.82. The molecule has 0 aliphatic carbocycles. The molecule has 0 radical (unpaired) electrons. The maximum absolute atomic E-state index is 12.6. The number of benzene rings is 3. The van der Waals surface area contributed by atoms with Gasteiger partial charge in [-0.1, -0.05) is 60.3 Å². The number of rotatable bonds is 8. The van der Waals surface area contributed by atoms with Crippen molar-refractivity contribution in [1.82, 2.24) is 20.2 Å². The summed E-state index contributed by atoms with van der Waals surface area (Å²) in [5.74, 6) is -0.0223. The first-order chi connectivity index (χ1) is 15.2. The Morgan fingerprint density at radius 1 is 0.839 bits per heavy atom. The van der Waals surface area contributed by atoms with E-state index in [1.54, 1.807) is 41.1 Å². The zero-order valence-corrected chi connectivity index (χ0v) is 17.3. The van der Waals surface area contributed by atoms with Crippen LogP contribution in [0.4, 0.5) is 5.69 Å². The molecular formula is C23H19N5O2S. The summed E-state index contributed by atoms with van der Waals surface area (Å²) in [7, 11) is 0. The number of anilines is 1. The first kappa shape index (κ1) is 20.5. The fraction of sp³-hybridized carbons (Fsp3) is 0.0870. The predicted octanol–water partition coefficient (Wildman–Crippen LogP) is 3.95. The summed E-state index contributed by atoms with van der Waals surface area (Å²) < 4.78 is 1.68. The Labute approximate surface area is 183 Å². The van der Waals surface area contributed by atoms with Crippen LogP contribution in [-0.2, 0) is 6.54 Å². The summed E-state index contributed by atoms with van der Waals surface area (Å²) >= 11 is 1.30. The van der Waals surface area contributed by atoms with Crippen LogP contribution in [0.25, 0.3) is 0 Å². The van der Waals surface area contributed by atoms with E-state index < -0.39 is 0 Å². The van der Waals surface area contributed by atoms with E-state index >= 15 is 0 Å². The van der Waals surface area contributed by atoms with Gasteiger partial charge in [0.05, 0.1) is 12.3 Å². The van der Waals surface area contributed by atoms with Crippen molar-refractivity contribution in [1.29, 1.82) is 0 Å². The van der Waals surface area contributed by atoms with E-state index in [9.17, 15) is 9.59 Å². The zero-order valence-electron chi connectivity index (χ0n) is 16.5. The van der Waals surface area contributed by atoms with Crippen molar-refractivity contribution in [2.75, 3.05) is 11.1 Å². The molecule has 1 aromatic heterocycles. The minimum Gasteiger partial charge on any atom is -0.322 e. The fourth-order valence-corrected chi connectivity index (χ4v) is 3.67. The van der Waals surface area contributed by atoms with Crippen LogP contribution in [0.3, 0.4) is 0 Å². The number of nitrogens with one attached hydrogen (secondary N) is 1. The maximum Gasteiger partial charge on any atom is 0.255 e. The van der Waals surface area contributed by atoms with Gasteiger partial charge in [0.15, 0.2) is 5.78 Å². The first-order valence-electron chi connectivity index (χ1n) is 9.61. The van der Waals surface area contributed by atoms with E-state index in [2.05, 4.69) is 20.8 Å². The summed E-state index contributed by atoms with van der Waals surface area (Å²) in [6.45, 7) is 0.542. The summed E-state index contributed by atoms with van der Waals surface area (Å²) in [4.78, 5) is 24.8. The van der Waals surface area contributed by atoms with Gasteiger partial charge < -0.3 is 5.32 Å². The standard InChI is InChI=1S/C23H19N5O2S/c29-21(16-31-23-25-26-27-28(23)15-17-7-3-1-4-8-17)18-11-13-20(14-12-18)24-22(30)19-9-5-2-6-10-19/h1-14H,15-16H2,(H,24,30). The SMILES string of the molecule is O=C(CSc1nnnn1Cc1ccccc1)c1ccc(NC(=O)c2ccccc2)cc1. The molecule has 1 amide bonds. The number of tetrazole rings is 1. The minimum atomic E-state index is -0.194. The van der Waals surface area contributed by atoms with Crippen molar-refractivity contribution in [3.8, 4) is 0 Å². The van der Waals surface area contributed by atoms with Crippen LogP contribution < -0.4 is 5.32 Å². The Morgan fingerprint density at radius 2 is 1.52 bits per heavy atom. The lowest BCUT2D eigenvalue weighted by Crippen LogP contribution is -2.12. The minimum absolute atomic E-state index is 0.0415. The van der Waals surface area contributed by atoms with Gasteiger partial charge in [-0.3, -0.25) is 9.59 Å². The third-order valence-electron chi connectivity index (χ3n) is 4.51. The molecule has 154 valence electrons. The maximum atomic E-state index is 12.6. The molecule has 0 saturated carbocycles. The molecule has 4 aromatic rings. The molecule has 3 aromatic carbocycles. The highest BCUT2D eigenvalue weighted by atomic mass is 32.2. The number of thioether (sulfide) groups is 1. The molecule has 4 rings (SSSR count). The third-order valence-corrected chi connectivity index (χ3v) is 5.46. The second-order valence-electron chi connectivity index (χ2n) is 6.71. The summed E-state index contributed by atoms with van der Waals surface area (Å²) in [5, 5.41) is 15.2. The molecule has 31 heavy (non-hydrogen) atoms. The number of aromatic nitrogens is 4. The van der Waals surface area contributed by atoms with Crippen LogP contribution in [0.15, 0.2) is 90.1 Å². The van der Waals surface area contributed by atoms with Gasteiger partial charge in [0.2, 0.25) is 5.16 Å². The van der Waals surface area contributed by atoms with E-state index in [0.29, 0.717) is 28.5 Å². The van der Waals surface area contributed by atoms with Crippen LogP contribution in [0.5, 0.6) is 0 Å². The van der Waals surface area contributed by atoms with Crippen molar-refractivity contribution < 1.29 is 9.59 Å². The highest BCUT2D eigenvalue weighted by Gasteiger charge is 2.13. The average Bonchev–Trinajstić information content (AvgIpc) is 3.26. The summed E-state index contributed by atoms with van der Waals surface area (Å²) in [5.41, 5.74) is 2.85. The zero-order chi connectivity index (χ0) is 21.5. The van der Waals surface area contributed by atoms with Crippen LogP contribution in [0.1, 0.15) is 26.3 Å². The Kier molecular flexibility index (Phi) is 6.49. The molecule has 1 heterocycles. The molecule has 7 nitrogen and oxygen atoms in total. The largest absolute Gasteiger partial charge is 0.322 e. The van der Waals surface area contributed by atoms with Crippen LogP contribution >= 0.6 is 11.8 Å². The molecule has 0 aliphatic heterocycles. The Morgan fingerprint density at radius 3 is 2.23 bits per heavy atom. The van der Waals surface area contributed by atoms with Crippen molar-refractivity contribution >= 4 is 29.1 Å². The van der Waals surface area contributed by atoms with Gasteiger partial charge in [0.25, 0.3) is 5.91 Å². The molecule has 1 N–H and O–H groups in total. The van der Waals surface area contributed by atoms with Crippen molar-refractivity contribution in [2.24, 2.45) is 0 Å². The molecule has 0 atom stereocenters. The number of hydrogen-bond acceptors (Lipinski definition) is 6. The van der Waals surface area contributed by atoms with Gasteiger partial charge in [-0.25, -0.2) is 4.68 Å². The predicted molar refractivity (Wildman–Crippen MR) is 119 cm³/mol. The fourth-order valence-electron chi connectivity index (χ4n) is 2.90. The number of amides is 1. The van der Waals surface area contributed by atoms with Crippen molar-refractivity contribution in [3.05, 3.63) is 102 Å². The Hall–Kier alpha value is -3.78. The summed E-state index contributed by atoms with van der Waals surface area (Å²) in [6.07, 6.45) is 0. The van der Waals surface area contributed by atoms with Gasteiger partial charge in [-0.15, -0.1) is 5.10 Å². The highest BCUT2D eigenvalue weighted by molar-refractivity contribution is 7.99. The van der Waals surface area contributed by atoms with Gasteiger partial charge in [-0.2, -0.15) is 0 Å². The van der Waals surface area contributed by atoms with Gasteiger partial charge in [0, 0.05) is 16.8 Å². The molecule has 0 saturated heterocycles. The quantitative estimate of drug-likeness (QED) is 0.337. The second-order valence-corrected chi connectivity index (χ2v) is 7.66. The number of nitrogens with zero attached hydrogens (tertiary/aromatic N) is 4. The van der Waals surface area contributed by atoms with E-state index in [-0.39, 0.29) is 17.4 Å². The van der Waals surface area contributed by atoms with Gasteiger partial charge in [0.1, 0.15) is 0 Å². The molecule has 0 aliphatic rings. The van der Waals surface area contributed by atoms with E-state index in [4.69, 9.17) is 0 Å². The Bertz CT molecular complexity index is 1160. The number of carbonyl (C=O) groups excluding carboxylic acids is 2. The lowest BCUT2D eigenvalue weighted by Gasteiger charge is -2.07. The lowest BCUT2D eigenvalue weighted by molar-refractivity contribution is 0.101. The molecule has 0 fully saturated rings. The monoisotopic (exact) mass is 429 g/mol. The lowest BCUT2D eigenvalue weighted by atomic mass is 10.1. The smallest absolute Gasteiger partial charge is 0.255 e. The first-order valence-corrected chi connectivity index (χ1v) is 10.6.